The van der Waals surface area contributed by atoms with Crippen LogP contribution in [-0.4, -0.2) is 19.5 Å². The molecule has 0 radical (unpaired) electrons. The van der Waals surface area contributed by atoms with Gasteiger partial charge >= 0.3 is 0 Å². The summed E-state index contributed by atoms with van der Waals surface area (Å²) in [7, 11) is 0. The van der Waals surface area contributed by atoms with Crippen LogP contribution in [0, 0.1) is 10.1 Å². The third-order valence-electron chi connectivity index (χ3n) is 2.70. The zero-order valence-corrected chi connectivity index (χ0v) is 9.72. The molecule has 0 atom stereocenters. The van der Waals surface area contributed by atoms with Gasteiger partial charge in [-0.3, -0.25) is 10.1 Å². The van der Waals surface area contributed by atoms with Crippen LogP contribution in [-0.2, 0) is 0 Å². The largest absolute Gasteiger partial charge is 0.397 e. The van der Waals surface area contributed by atoms with Crippen molar-refractivity contribution in [3.63, 3.8) is 0 Å². The number of aromatic nitrogens is 3. The number of para-hydroxylation sites is 1. The summed E-state index contributed by atoms with van der Waals surface area (Å²) in [5, 5.41) is 15.2. The number of hydrogen-bond donors (Lipinski definition) is 1. The molecule has 0 fully saturated rings. The number of nitro benzene ring substituents is 1. The summed E-state index contributed by atoms with van der Waals surface area (Å²) >= 11 is 0. The smallest absolute Gasteiger partial charge is 0.280 e. The SMILES string of the molecule is Nc1ccc2nc(-c3ccccc3[N+](=O)[O-])nn2c1. The Hall–Kier alpha value is -2.96. The molecule has 0 saturated heterocycles. The number of pyridine rings is 1. The maximum absolute atomic E-state index is 11.0. The molecule has 0 aliphatic rings. The number of anilines is 1. The second-order valence-corrected chi connectivity index (χ2v) is 3.97. The van der Waals surface area contributed by atoms with E-state index in [-0.39, 0.29) is 5.69 Å². The Balaban J connectivity index is 2.22. The topological polar surface area (TPSA) is 99.3 Å². The highest BCUT2D eigenvalue weighted by Gasteiger charge is 2.18. The Morgan fingerprint density at radius 3 is 2.79 bits per heavy atom. The van der Waals surface area contributed by atoms with Crippen LogP contribution < -0.4 is 5.73 Å². The number of hydrogen-bond acceptors (Lipinski definition) is 5. The molecule has 7 heteroatoms. The number of nitrogens with zero attached hydrogens (tertiary/aromatic N) is 4. The van der Waals surface area contributed by atoms with E-state index in [1.54, 1.807) is 36.5 Å². The molecule has 1 aromatic carbocycles. The van der Waals surface area contributed by atoms with Gasteiger partial charge in [0.25, 0.3) is 5.69 Å². The zero-order valence-electron chi connectivity index (χ0n) is 9.72. The quantitative estimate of drug-likeness (QED) is 0.556. The summed E-state index contributed by atoms with van der Waals surface area (Å²) < 4.78 is 1.50. The van der Waals surface area contributed by atoms with Gasteiger partial charge in [-0.05, 0) is 18.2 Å². The highest BCUT2D eigenvalue weighted by molar-refractivity contribution is 5.69. The Morgan fingerprint density at radius 2 is 2.00 bits per heavy atom. The summed E-state index contributed by atoms with van der Waals surface area (Å²) in [6.07, 6.45) is 1.61. The van der Waals surface area contributed by atoms with E-state index in [0.717, 1.165) is 0 Å². The van der Waals surface area contributed by atoms with E-state index in [0.29, 0.717) is 22.7 Å². The van der Waals surface area contributed by atoms with Crippen molar-refractivity contribution in [3.8, 4) is 11.4 Å². The molecule has 0 aliphatic heterocycles. The molecule has 3 aromatic rings. The molecule has 3 rings (SSSR count). The standard InChI is InChI=1S/C12H9N5O2/c13-8-5-6-11-14-12(15-16(11)7-8)9-3-1-2-4-10(9)17(18)19/h1-7H,13H2. The van der Waals surface area contributed by atoms with Crippen molar-refractivity contribution < 1.29 is 4.92 Å². The number of fused-ring (bicyclic) bond motifs is 1. The molecule has 0 saturated carbocycles. The van der Waals surface area contributed by atoms with E-state index in [1.165, 1.54) is 10.6 Å². The van der Waals surface area contributed by atoms with E-state index in [4.69, 9.17) is 5.73 Å². The fourth-order valence-corrected chi connectivity index (χ4v) is 1.84. The first kappa shape index (κ1) is 11.1. The molecule has 0 aliphatic carbocycles. The third-order valence-corrected chi connectivity index (χ3v) is 2.70. The number of nitrogens with two attached hydrogens (primary N) is 1. The fraction of sp³-hybridized carbons (Fsp3) is 0. The van der Waals surface area contributed by atoms with Crippen molar-refractivity contribution in [2.24, 2.45) is 0 Å². The number of nitrogen functional groups attached to an aromatic ring is 1. The van der Waals surface area contributed by atoms with Gasteiger partial charge < -0.3 is 5.73 Å². The van der Waals surface area contributed by atoms with Crippen molar-refractivity contribution in [3.05, 3.63) is 52.7 Å². The maximum Gasteiger partial charge on any atom is 0.280 e. The second kappa shape index (κ2) is 4.05. The van der Waals surface area contributed by atoms with Crippen LogP contribution in [0.25, 0.3) is 17.0 Å². The minimum Gasteiger partial charge on any atom is -0.397 e. The minimum atomic E-state index is -0.449. The van der Waals surface area contributed by atoms with Crippen LogP contribution in [0.2, 0.25) is 0 Å². The van der Waals surface area contributed by atoms with Gasteiger partial charge in [0.1, 0.15) is 0 Å². The summed E-state index contributed by atoms with van der Waals surface area (Å²) in [5.41, 5.74) is 7.15. The highest BCUT2D eigenvalue weighted by atomic mass is 16.6. The van der Waals surface area contributed by atoms with Gasteiger partial charge in [0.2, 0.25) is 0 Å². The van der Waals surface area contributed by atoms with E-state index in [9.17, 15) is 10.1 Å². The lowest BCUT2D eigenvalue weighted by Gasteiger charge is -1.96. The van der Waals surface area contributed by atoms with Crippen LogP contribution in [0.3, 0.4) is 0 Å². The second-order valence-electron chi connectivity index (χ2n) is 3.97. The molecule has 7 nitrogen and oxygen atoms in total. The molecule has 0 spiro atoms. The van der Waals surface area contributed by atoms with Crippen molar-refractivity contribution in [2.45, 2.75) is 0 Å². The maximum atomic E-state index is 11.0. The van der Waals surface area contributed by atoms with Gasteiger partial charge in [0.05, 0.1) is 22.4 Å². The lowest BCUT2D eigenvalue weighted by Crippen LogP contribution is -1.93. The Kier molecular flexibility index (Phi) is 2.38. The van der Waals surface area contributed by atoms with Crippen LogP contribution in [0.15, 0.2) is 42.6 Å². The molecule has 0 bridgehead atoms. The molecule has 94 valence electrons. The molecule has 2 N–H and O–H groups in total. The Labute approximate surface area is 107 Å². The third kappa shape index (κ3) is 1.86. The predicted molar refractivity (Wildman–Crippen MR) is 69.5 cm³/mol. The number of rotatable bonds is 2. The monoisotopic (exact) mass is 255 g/mol. The molecule has 2 aromatic heterocycles. The van der Waals surface area contributed by atoms with Gasteiger partial charge in [-0.15, -0.1) is 5.10 Å². The molecule has 0 unspecified atom stereocenters. The van der Waals surface area contributed by atoms with E-state index < -0.39 is 4.92 Å². The number of nitro groups is 1. The minimum absolute atomic E-state index is 0.0219. The Morgan fingerprint density at radius 1 is 1.21 bits per heavy atom. The van der Waals surface area contributed by atoms with Crippen molar-refractivity contribution in [1.29, 1.82) is 0 Å². The van der Waals surface area contributed by atoms with Crippen molar-refractivity contribution >= 4 is 17.0 Å². The Bertz CT molecular complexity index is 781. The van der Waals surface area contributed by atoms with Crippen LogP contribution in [0.5, 0.6) is 0 Å². The van der Waals surface area contributed by atoms with E-state index in [2.05, 4.69) is 10.1 Å². The fourth-order valence-electron chi connectivity index (χ4n) is 1.84. The first-order valence-corrected chi connectivity index (χ1v) is 5.51. The molecular weight excluding hydrogens is 246 g/mol. The first-order valence-electron chi connectivity index (χ1n) is 5.51. The van der Waals surface area contributed by atoms with Crippen LogP contribution in [0.4, 0.5) is 11.4 Å². The summed E-state index contributed by atoms with van der Waals surface area (Å²) in [6.45, 7) is 0. The summed E-state index contributed by atoms with van der Waals surface area (Å²) in [5.74, 6) is 0.304. The molecule has 2 heterocycles. The van der Waals surface area contributed by atoms with Gasteiger partial charge in [-0.25, -0.2) is 9.50 Å². The molecule has 19 heavy (non-hydrogen) atoms. The van der Waals surface area contributed by atoms with Gasteiger partial charge in [0.15, 0.2) is 11.5 Å². The first-order chi connectivity index (χ1) is 9.15. The van der Waals surface area contributed by atoms with E-state index in [1.807, 2.05) is 0 Å². The van der Waals surface area contributed by atoms with Crippen LogP contribution in [0.1, 0.15) is 0 Å². The average Bonchev–Trinajstić information content (AvgIpc) is 2.81. The van der Waals surface area contributed by atoms with Crippen molar-refractivity contribution in [1.82, 2.24) is 14.6 Å². The normalized spacial score (nSPS) is 10.7. The average molecular weight is 255 g/mol. The summed E-state index contributed by atoms with van der Waals surface area (Å²) in [6, 6.07) is 9.78. The molecule has 0 amide bonds. The highest BCUT2D eigenvalue weighted by Crippen LogP contribution is 2.27. The van der Waals surface area contributed by atoms with E-state index >= 15 is 0 Å². The molecular formula is C12H9N5O2. The van der Waals surface area contributed by atoms with Crippen molar-refractivity contribution in [2.75, 3.05) is 5.73 Å². The summed E-state index contributed by atoms with van der Waals surface area (Å²) in [4.78, 5) is 14.8. The number of benzene rings is 1. The lowest BCUT2D eigenvalue weighted by atomic mass is 10.2. The predicted octanol–water partition coefficient (Wildman–Crippen LogP) is 1.89. The zero-order chi connectivity index (χ0) is 13.4. The lowest BCUT2D eigenvalue weighted by molar-refractivity contribution is -0.384. The van der Waals surface area contributed by atoms with Gasteiger partial charge in [-0.2, -0.15) is 0 Å². The van der Waals surface area contributed by atoms with Gasteiger partial charge in [0, 0.05) is 6.07 Å². The van der Waals surface area contributed by atoms with Crippen LogP contribution >= 0.6 is 0 Å². The van der Waals surface area contributed by atoms with Gasteiger partial charge in [-0.1, -0.05) is 12.1 Å².